The third-order valence-corrected chi connectivity index (χ3v) is 6.51. The molecule has 0 spiro atoms. The molecule has 3 amide bonds. The van der Waals surface area contributed by atoms with E-state index in [0.717, 1.165) is 11.3 Å². The molecule has 0 aliphatic heterocycles. The van der Waals surface area contributed by atoms with E-state index in [4.69, 9.17) is 4.74 Å². The number of alkyl halides is 6. The van der Waals surface area contributed by atoms with Gasteiger partial charge in [-0.2, -0.15) is 26.3 Å². The minimum absolute atomic E-state index is 0.0548. The maximum atomic E-state index is 13.1. The van der Waals surface area contributed by atoms with Crippen LogP contribution in [-0.2, 0) is 17.1 Å². The number of benzene rings is 2. The van der Waals surface area contributed by atoms with Gasteiger partial charge >= 0.3 is 18.4 Å². The van der Waals surface area contributed by atoms with Gasteiger partial charge in [0.15, 0.2) is 0 Å². The van der Waals surface area contributed by atoms with Crippen molar-refractivity contribution in [2.45, 2.75) is 38.7 Å². The van der Waals surface area contributed by atoms with E-state index in [9.17, 15) is 35.9 Å². The molecule has 3 N–H and O–H groups in total. The topological polar surface area (TPSA) is 105 Å². The fourth-order valence-corrected chi connectivity index (χ4v) is 4.10. The number of halogens is 6. The molecule has 0 saturated heterocycles. The number of nitrogens with one attached hydrogen (secondary N) is 3. The molecule has 3 rings (SSSR count). The molecule has 2 aromatic carbocycles. The maximum absolute atomic E-state index is 13.1. The number of carbonyl (C=O) groups is 2. The van der Waals surface area contributed by atoms with Crippen LogP contribution in [0.5, 0.6) is 5.75 Å². The van der Waals surface area contributed by atoms with E-state index in [1.807, 2.05) is 5.32 Å². The number of rotatable bonds is 8. The molecule has 0 radical (unpaired) electrons. The Bertz CT molecular complexity index is 1280. The Morgan fingerprint density at radius 2 is 1.54 bits per heavy atom. The van der Waals surface area contributed by atoms with Crippen molar-refractivity contribution >= 4 is 34.1 Å². The number of amides is 3. The van der Waals surface area contributed by atoms with Gasteiger partial charge in [0.1, 0.15) is 16.8 Å². The largest absolute Gasteiger partial charge is 0.497 e. The summed E-state index contributed by atoms with van der Waals surface area (Å²) in [6.07, 6.45) is -9.76. The van der Waals surface area contributed by atoms with E-state index < -0.39 is 53.1 Å². The van der Waals surface area contributed by atoms with Crippen molar-refractivity contribution in [3.05, 3.63) is 53.6 Å². The highest BCUT2D eigenvalue weighted by atomic mass is 32.1. The van der Waals surface area contributed by atoms with Crippen molar-refractivity contribution in [1.29, 1.82) is 0 Å². The fourth-order valence-electron chi connectivity index (χ4n) is 3.34. The summed E-state index contributed by atoms with van der Waals surface area (Å²) in [5, 5.41) is 15.4. The van der Waals surface area contributed by atoms with Gasteiger partial charge in [0.05, 0.1) is 18.2 Å². The first-order valence-corrected chi connectivity index (χ1v) is 12.2. The third kappa shape index (κ3) is 7.81. The lowest BCUT2D eigenvalue weighted by molar-refractivity contribution is -0.143. The van der Waals surface area contributed by atoms with E-state index in [0.29, 0.717) is 34.9 Å². The highest BCUT2D eigenvalue weighted by molar-refractivity contribution is 7.18. The molecule has 0 unspecified atom stereocenters. The van der Waals surface area contributed by atoms with Gasteiger partial charge in [-0.3, -0.25) is 10.1 Å². The van der Waals surface area contributed by atoms with Crippen LogP contribution in [-0.4, -0.2) is 35.3 Å². The smallest absolute Gasteiger partial charge is 0.416 e. The van der Waals surface area contributed by atoms with Crippen LogP contribution < -0.4 is 20.7 Å². The monoisotopic (exact) mass is 575 g/mol. The molecule has 0 fully saturated rings. The van der Waals surface area contributed by atoms with Crippen molar-refractivity contribution in [1.82, 2.24) is 15.5 Å². The fraction of sp³-hybridized carbons (Fsp3) is 0.333. The average molecular weight is 576 g/mol. The van der Waals surface area contributed by atoms with Gasteiger partial charge in [-0.25, -0.2) is 4.79 Å². The molecule has 8 nitrogen and oxygen atoms in total. The first kappa shape index (κ1) is 29.7. The lowest BCUT2D eigenvalue weighted by Gasteiger charge is -2.23. The van der Waals surface area contributed by atoms with Crippen LogP contribution in [0.1, 0.15) is 31.4 Å². The molecule has 0 aliphatic rings. The van der Waals surface area contributed by atoms with Crippen LogP contribution in [0.25, 0.3) is 10.6 Å². The summed E-state index contributed by atoms with van der Waals surface area (Å²) in [6.45, 7) is 3.37. The Morgan fingerprint density at radius 1 is 0.949 bits per heavy atom. The van der Waals surface area contributed by atoms with Gasteiger partial charge in [-0.05, 0) is 48.4 Å². The Morgan fingerprint density at radius 3 is 2.05 bits per heavy atom. The van der Waals surface area contributed by atoms with Crippen molar-refractivity contribution in [2.75, 3.05) is 17.7 Å². The second kappa shape index (κ2) is 11.9. The summed E-state index contributed by atoms with van der Waals surface area (Å²) in [6, 6.07) is 5.26. The van der Waals surface area contributed by atoms with Crippen LogP contribution in [0.3, 0.4) is 0 Å². The summed E-state index contributed by atoms with van der Waals surface area (Å²) in [4.78, 5) is 25.5. The van der Waals surface area contributed by atoms with Crippen molar-refractivity contribution < 1.29 is 40.7 Å². The molecular weight excluding hydrogens is 552 g/mol. The van der Waals surface area contributed by atoms with Gasteiger partial charge in [0.25, 0.3) is 0 Å². The summed E-state index contributed by atoms with van der Waals surface area (Å²) >= 11 is 1.06. The third-order valence-electron chi connectivity index (χ3n) is 5.62. The zero-order valence-electron chi connectivity index (χ0n) is 20.7. The second-order valence-electron chi connectivity index (χ2n) is 8.39. The minimum atomic E-state index is -5.08. The van der Waals surface area contributed by atoms with Gasteiger partial charge in [0, 0.05) is 11.3 Å². The minimum Gasteiger partial charge on any atom is -0.497 e. The van der Waals surface area contributed by atoms with Gasteiger partial charge in [0.2, 0.25) is 11.0 Å². The predicted octanol–water partition coefficient (Wildman–Crippen LogP) is 6.43. The van der Waals surface area contributed by atoms with Crippen LogP contribution in [0, 0.1) is 5.92 Å². The standard InChI is InChI=1S/C24H23F6N5O3S/c1-4-12(2)18(19(36)33-22-35-34-20(39-22)13-5-7-17(38-3)8-6-13)32-21(37)31-16-10-14(23(25,26)27)9-15(11-16)24(28,29)30/h5-12,18H,4H2,1-3H3,(H2,31,32,37)(H,33,35,36)/t12-,18-/m0/s1. The summed E-state index contributed by atoms with van der Waals surface area (Å²) in [7, 11) is 1.52. The number of ether oxygens (including phenoxy) is 1. The predicted molar refractivity (Wildman–Crippen MR) is 132 cm³/mol. The van der Waals surface area contributed by atoms with Crippen molar-refractivity contribution in [3.8, 4) is 16.3 Å². The van der Waals surface area contributed by atoms with E-state index >= 15 is 0 Å². The lowest BCUT2D eigenvalue weighted by atomic mass is 9.98. The SMILES string of the molecule is CC[C@H](C)[C@H](NC(=O)Nc1cc(C(F)(F)F)cc(C(F)(F)F)c1)C(=O)Nc1nnc(-c2ccc(OC)cc2)s1. The van der Waals surface area contributed by atoms with Crippen LogP contribution in [0.4, 0.5) is 42.0 Å². The molecule has 1 heterocycles. The van der Waals surface area contributed by atoms with Crippen LogP contribution in [0.15, 0.2) is 42.5 Å². The molecule has 1 aromatic heterocycles. The van der Waals surface area contributed by atoms with E-state index in [1.165, 1.54) is 7.11 Å². The quantitative estimate of drug-likeness (QED) is 0.269. The number of hydrogen-bond acceptors (Lipinski definition) is 6. The van der Waals surface area contributed by atoms with Gasteiger partial charge in [-0.15, -0.1) is 10.2 Å². The molecule has 15 heteroatoms. The van der Waals surface area contributed by atoms with Gasteiger partial charge in [-0.1, -0.05) is 31.6 Å². The Kier molecular flexibility index (Phi) is 9.04. The van der Waals surface area contributed by atoms with Crippen molar-refractivity contribution in [3.63, 3.8) is 0 Å². The van der Waals surface area contributed by atoms with Crippen LogP contribution >= 0.6 is 11.3 Å². The summed E-state index contributed by atoms with van der Waals surface area (Å²) < 4.78 is 83.9. The highest BCUT2D eigenvalue weighted by Gasteiger charge is 2.37. The molecule has 2 atom stereocenters. The first-order valence-electron chi connectivity index (χ1n) is 11.4. The number of carbonyl (C=O) groups excluding carboxylic acids is 2. The number of urea groups is 1. The molecule has 210 valence electrons. The Balaban J connectivity index is 1.75. The summed E-state index contributed by atoms with van der Waals surface area (Å²) in [5.74, 6) is -0.522. The Hall–Kier alpha value is -3.88. The van der Waals surface area contributed by atoms with Gasteiger partial charge < -0.3 is 15.4 Å². The molecule has 0 bridgehead atoms. The van der Waals surface area contributed by atoms with Crippen molar-refractivity contribution in [2.24, 2.45) is 5.92 Å². The molecule has 39 heavy (non-hydrogen) atoms. The zero-order valence-corrected chi connectivity index (χ0v) is 21.5. The van der Waals surface area contributed by atoms with Crippen LogP contribution in [0.2, 0.25) is 0 Å². The number of aromatic nitrogens is 2. The van der Waals surface area contributed by atoms with E-state index in [-0.39, 0.29) is 11.2 Å². The average Bonchev–Trinajstić information content (AvgIpc) is 3.34. The molecule has 0 aliphatic carbocycles. The molecular formula is C24H23F6N5O3S. The normalized spacial score (nSPS) is 13.4. The maximum Gasteiger partial charge on any atom is 0.416 e. The lowest BCUT2D eigenvalue weighted by Crippen LogP contribution is -2.49. The molecule has 3 aromatic rings. The van der Waals surface area contributed by atoms with E-state index in [1.54, 1.807) is 38.1 Å². The second-order valence-corrected chi connectivity index (χ2v) is 9.36. The number of hydrogen-bond donors (Lipinski definition) is 3. The number of anilines is 2. The highest BCUT2D eigenvalue weighted by Crippen LogP contribution is 2.37. The number of methoxy groups -OCH3 is 1. The Labute approximate surface area is 222 Å². The van der Waals surface area contributed by atoms with E-state index in [2.05, 4.69) is 20.8 Å². The number of nitrogens with zero attached hydrogens (tertiary/aromatic N) is 2. The first-order chi connectivity index (χ1) is 18.2. The zero-order chi connectivity index (χ0) is 29.0. The summed E-state index contributed by atoms with van der Waals surface area (Å²) in [5.41, 5.74) is -3.21. The molecule has 0 saturated carbocycles.